The lowest BCUT2D eigenvalue weighted by Gasteiger charge is -2.12. The molecule has 1 aliphatic rings. The molecule has 1 aromatic heterocycles. The minimum Gasteiger partial charge on any atom is -0.350 e. The minimum absolute atomic E-state index is 0.902. The number of nitrogens with one attached hydrogen (secondary N) is 1. The first-order valence-electron chi connectivity index (χ1n) is 6.32. The Hall–Kier alpha value is -0.410. The maximum atomic E-state index is 3.59. The topological polar surface area (TPSA) is 17.0 Å². The summed E-state index contributed by atoms with van der Waals surface area (Å²) >= 11 is 2.10. The summed E-state index contributed by atoms with van der Waals surface area (Å²) in [6.45, 7) is 5.58. The Balaban J connectivity index is 1.73. The Bertz CT molecular complexity index is 303. The van der Waals surface area contributed by atoms with Gasteiger partial charge in [-0.2, -0.15) is 11.8 Å². The largest absolute Gasteiger partial charge is 0.350 e. The fourth-order valence-electron chi connectivity index (χ4n) is 2.22. The van der Waals surface area contributed by atoms with E-state index in [9.17, 15) is 0 Å². The molecule has 1 N–H and O–H groups in total. The standard InChI is InChI=1S/C13H22N2S/c1-2-6-15-7-3-4-13(15)10-14-9-12-5-8-16-11-12/h3-4,7,12,14H,2,5-6,8-11H2,1H3. The van der Waals surface area contributed by atoms with Crippen LogP contribution in [0, 0.1) is 5.92 Å². The smallest absolute Gasteiger partial charge is 0.0359 e. The number of hydrogen-bond donors (Lipinski definition) is 1. The van der Waals surface area contributed by atoms with E-state index in [1.54, 1.807) is 0 Å². The monoisotopic (exact) mass is 238 g/mol. The molecule has 1 fully saturated rings. The Morgan fingerprint density at radius 1 is 1.56 bits per heavy atom. The van der Waals surface area contributed by atoms with Crippen molar-refractivity contribution in [3.05, 3.63) is 24.0 Å². The van der Waals surface area contributed by atoms with E-state index < -0.39 is 0 Å². The fourth-order valence-corrected chi connectivity index (χ4v) is 3.50. The summed E-state index contributed by atoms with van der Waals surface area (Å²) in [5.41, 5.74) is 1.42. The molecule has 90 valence electrons. The average Bonchev–Trinajstić information content (AvgIpc) is 2.91. The number of aryl methyl sites for hydroxylation is 1. The summed E-state index contributed by atoms with van der Waals surface area (Å²) in [5.74, 6) is 3.61. The van der Waals surface area contributed by atoms with Crippen molar-refractivity contribution < 1.29 is 0 Å². The van der Waals surface area contributed by atoms with Gasteiger partial charge >= 0.3 is 0 Å². The van der Waals surface area contributed by atoms with Gasteiger partial charge in [-0.3, -0.25) is 0 Å². The maximum Gasteiger partial charge on any atom is 0.0359 e. The van der Waals surface area contributed by atoms with Gasteiger partial charge in [0.2, 0.25) is 0 Å². The van der Waals surface area contributed by atoms with Crippen LogP contribution in [0.3, 0.4) is 0 Å². The summed E-state index contributed by atoms with van der Waals surface area (Å²) in [6, 6.07) is 4.38. The summed E-state index contributed by atoms with van der Waals surface area (Å²) in [5, 5.41) is 3.59. The molecule has 0 aromatic carbocycles. The predicted octanol–water partition coefficient (Wildman–Crippen LogP) is 2.74. The fraction of sp³-hybridized carbons (Fsp3) is 0.692. The third kappa shape index (κ3) is 3.29. The normalized spacial score (nSPS) is 20.4. The van der Waals surface area contributed by atoms with Crippen molar-refractivity contribution in [1.29, 1.82) is 0 Å². The molecule has 2 rings (SSSR count). The van der Waals surface area contributed by atoms with Crippen molar-refractivity contribution in [1.82, 2.24) is 9.88 Å². The van der Waals surface area contributed by atoms with Crippen molar-refractivity contribution >= 4 is 11.8 Å². The van der Waals surface area contributed by atoms with Gasteiger partial charge in [-0.1, -0.05) is 6.92 Å². The molecule has 0 amide bonds. The Labute approximate surface area is 103 Å². The van der Waals surface area contributed by atoms with Crippen molar-refractivity contribution in [2.75, 3.05) is 18.1 Å². The van der Waals surface area contributed by atoms with Gasteiger partial charge in [-0.05, 0) is 48.9 Å². The molecule has 2 nitrogen and oxygen atoms in total. The molecular formula is C13H22N2S. The van der Waals surface area contributed by atoms with Crippen LogP contribution in [0.25, 0.3) is 0 Å². The van der Waals surface area contributed by atoms with Crippen molar-refractivity contribution in [3.8, 4) is 0 Å². The zero-order chi connectivity index (χ0) is 11.2. The first-order chi connectivity index (χ1) is 7.90. The highest BCUT2D eigenvalue weighted by molar-refractivity contribution is 7.99. The molecule has 0 radical (unpaired) electrons. The van der Waals surface area contributed by atoms with Crippen molar-refractivity contribution in [3.63, 3.8) is 0 Å². The van der Waals surface area contributed by atoms with Crippen LogP contribution in [0.15, 0.2) is 18.3 Å². The molecule has 1 aromatic rings. The van der Waals surface area contributed by atoms with Gasteiger partial charge < -0.3 is 9.88 Å². The molecule has 2 heterocycles. The SMILES string of the molecule is CCCn1cccc1CNCC1CCSC1. The molecule has 0 saturated carbocycles. The number of nitrogens with zero attached hydrogens (tertiary/aromatic N) is 1. The van der Waals surface area contributed by atoms with Crippen LogP contribution >= 0.6 is 11.8 Å². The van der Waals surface area contributed by atoms with Crippen molar-refractivity contribution in [2.24, 2.45) is 5.92 Å². The van der Waals surface area contributed by atoms with E-state index in [2.05, 4.69) is 46.9 Å². The lowest BCUT2D eigenvalue weighted by atomic mass is 10.1. The molecule has 16 heavy (non-hydrogen) atoms. The molecule has 0 bridgehead atoms. The number of thioether (sulfide) groups is 1. The van der Waals surface area contributed by atoms with E-state index in [0.717, 1.165) is 19.0 Å². The number of hydrogen-bond acceptors (Lipinski definition) is 2. The highest BCUT2D eigenvalue weighted by Crippen LogP contribution is 2.22. The summed E-state index contributed by atoms with van der Waals surface area (Å²) in [7, 11) is 0. The van der Waals surface area contributed by atoms with Gasteiger partial charge in [0.1, 0.15) is 0 Å². The quantitative estimate of drug-likeness (QED) is 0.821. The molecule has 1 aliphatic heterocycles. The van der Waals surface area contributed by atoms with Crippen LogP contribution in [0.2, 0.25) is 0 Å². The van der Waals surface area contributed by atoms with Crippen LogP contribution in [0.4, 0.5) is 0 Å². The van der Waals surface area contributed by atoms with Gasteiger partial charge in [0.05, 0.1) is 0 Å². The molecule has 1 saturated heterocycles. The predicted molar refractivity (Wildman–Crippen MR) is 71.9 cm³/mol. The lowest BCUT2D eigenvalue weighted by Crippen LogP contribution is -2.23. The molecule has 1 unspecified atom stereocenters. The molecule has 0 spiro atoms. The van der Waals surface area contributed by atoms with Gasteiger partial charge in [0.25, 0.3) is 0 Å². The highest BCUT2D eigenvalue weighted by Gasteiger charge is 2.14. The third-order valence-corrected chi connectivity index (χ3v) is 4.38. The van der Waals surface area contributed by atoms with E-state index in [0.29, 0.717) is 0 Å². The average molecular weight is 238 g/mol. The molecule has 0 aliphatic carbocycles. The lowest BCUT2D eigenvalue weighted by molar-refractivity contribution is 0.510. The third-order valence-electron chi connectivity index (χ3n) is 3.15. The van der Waals surface area contributed by atoms with Gasteiger partial charge in [0.15, 0.2) is 0 Å². The van der Waals surface area contributed by atoms with E-state index in [4.69, 9.17) is 0 Å². The van der Waals surface area contributed by atoms with E-state index in [-0.39, 0.29) is 0 Å². The van der Waals surface area contributed by atoms with Crippen LogP contribution in [-0.4, -0.2) is 22.6 Å². The first kappa shape index (κ1) is 12.1. The highest BCUT2D eigenvalue weighted by atomic mass is 32.2. The van der Waals surface area contributed by atoms with Gasteiger partial charge in [0, 0.05) is 25.0 Å². The van der Waals surface area contributed by atoms with Crippen LogP contribution in [0.5, 0.6) is 0 Å². The minimum atomic E-state index is 0.902. The first-order valence-corrected chi connectivity index (χ1v) is 7.48. The zero-order valence-electron chi connectivity index (χ0n) is 10.1. The van der Waals surface area contributed by atoms with E-state index in [1.165, 1.54) is 36.6 Å². The second-order valence-corrected chi connectivity index (χ2v) is 5.70. The number of rotatable bonds is 6. The molecular weight excluding hydrogens is 216 g/mol. The Morgan fingerprint density at radius 2 is 2.50 bits per heavy atom. The van der Waals surface area contributed by atoms with Crippen molar-refractivity contribution in [2.45, 2.75) is 32.9 Å². The second-order valence-electron chi connectivity index (χ2n) is 4.55. The van der Waals surface area contributed by atoms with Gasteiger partial charge in [-0.15, -0.1) is 0 Å². The zero-order valence-corrected chi connectivity index (χ0v) is 10.9. The van der Waals surface area contributed by atoms with Crippen LogP contribution in [0.1, 0.15) is 25.5 Å². The second kappa shape index (κ2) is 6.36. The van der Waals surface area contributed by atoms with Gasteiger partial charge in [-0.25, -0.2) is 0 Å². The number of aromatic nitrogens is 1. The molecule has 1 atom stereocenters. The van der Waals surface area contributed by atoms with E-state index in [1.807, 2.05) is 0 Å². The van der Waals surface area contributed by atoms with Crippen LogP contribution in [-0.2, 0) is 13.1 Å². The summed E-state index contributed by atoms with van der Waals surface area (Å²) in [6.07, 6.45) is 4.79. The summed E-state index contributed by atoms with van der Waals surface area (Å²) in [4.78, 5) is 0. The Morgan fingerprint density at radius 3 is 3.25 bits per heavy atom. The summed E-state index contributed by atoms with van der Waals surface area (Å²) < 4.78 is 2.36. The Kier molecular flexibility index (Phi) is 4.79. The maximum absolute atomic E-state index is 3.59. The van der Waals surface area contributed by atoms with Crippen LogP contribution < -0.4 is 5.32 Å². The molecule has 3 heteroatoms. The van der Waals surface area contributed by atoms with E-state index >= 15 is 0 Å².